The molecular formula is C15H18N2O2. The molecule has 0 bridgehead atoms. The average Bonchev–Trinajstić information content (AvgIpc) is 2.48. The van der Waals surface area contributed by atoms with Crippen LogP contribution in [0.5, 0.6) is 11.5 Å². The van der Waals surface area contributed by atoms with Crippen molar-refractivity contribution < 1.29 is 9.47 Å². The van der Waals surface area contributed by atoms with Crippen molar-refractivity contribution in [2.45, 2.75) is 13.0 Å². The lowest BCUT2D eigenvalue weighted by atomic mass is 10.2. The summed E-state index contributed by atoms with van der Waals surface area (Å²) in [4.78, 5) is 3.99. The van der Waals surface area contributed by atoms with Crippen molar-refractivity contribution in [2.24, 2.45) is 5.73 Å². The van der Waals surface area contributed by atoms with E-state index in [1.807, 2.05) is 30.3 Å². The zero-order valence-electron chi connectivity index (χ0n) is 11.0. The lowest BCUT2D eigenvalue weighted by Gasteiger charge is -2.12. The molecule has 0 spiro atoms. The molecule has 0 aliphatic carbocycles. The molecule has 1 heterocycles. The van der Waals surface area contributed by atoms with Gasteiger partial charge in [-0.1, -0.05) is 6.07 Å². The molecule has 0 radical (unpaired) electrons. The number of hydrogen-bond acceptors (Lipinski definition) is 4. The zero-order valence-corrected chi connectivity index (χ0v) is 11.0. The molecular weight excluding hydrogens is 240 g/mol. The van der Waals surface area contributed by atoms with E-state index in [0.717, 1.165) is 23.5 Å². The molecule has 1 aromatic carbocycles. The first-order valence-corrected chi connectivity index (χ1v) is 6.22. The number of nitrogens with two attached hydrogens (primary N) is 1. The van der Waals surface area contributed by atoms with E-state index in [9.17, 15) is 0 Å². The lowest BCUT2D eigenvalue weighted by Crippen LogP contribution is -2.04. The summed E-state index contributed by atoms with van der Waals surface area (Å²) in [6, 6.07) is 9.71. The van der Waals surface area contributed by atoms with Gasteiger partial charge >= 0.3 is 0 Å². The fourth-order valence-corrected chi connectivity index (χ4v) is 1.79. The summed E-state index contributed by atoms with van der Waals surface area (Å²) in [5, 5.41) is 0. The van der Waals surface area contributed by atoms with E-state index in [1.54, 1.807) is 19.5 Å². The van der Waals surface area contributed by atoms with Crippen LogP contribution < -0.4 is 15.2 Å². The highest BCUT2D eigenvalue weighted by atomic mass is 16.5. The van der Waals surface area contributed by atoms with Gasteiger partial charge in [0, 0.05) is 25.4 Å². The maximum absolute atomic E-state index is 5.77. The van der Waals surface area contributed by atoms with Crippen LogP contribution in [0.1, 0.15) is 11.1 Å². The first-order chi connectivity index (χ1) is 9.33. The maximum atomic E-state index is 5.77. The van der Waals surface area contributed by atoms with Gasteiger partial charge < -0.3 is 15.2 Å². The fourth-order valence-electron chi connectivity index (χ4n) is 1.79. The summed E-state index contributed by atoms with van der Waals surface area (Å²) in [6.45, 7) is 1.08. The first-order valence-electron chi connectivity index (χ1n) is 6.22. The molecule has 0 aliphatic rings. The summed E-state index contributed by atoms with van der Waals surface area (Å²) in [7, 11) is 1.63. The lowest BCUT2D eigenvalue weighted by molar-refractivity contribution is 0.297. The smallest absolute Gasteiger partial charge is 0.161 e. The van der Waals surface area contributed by atoms with Crippen LogP contribution in [0.2, 0.25) is 0 Å². The number of nitrogens with zero attached hydrogens (tertiary/aromatic N) is 1. The first kappa shape index (κ1) is 13.4. The third-order valence-electron chi connectivity index (χ3n) is 2.86. The average molecular weight is 258 g/mol. The Morgan fingerprint density at radius 1 is 1.05 bits per heavy atom. The summed E-state index contributed by atoms with van der Waals surface area (Å²) in [5.74, 6) is 1.46. The molecule has 0 saturated carbocycles. The van der Waals surface area contributed by atoms with Crippen LogP contribution in [-0.2, 0) is 13.0 Å². The van der Waals surface area contributed by atoms with Gasteiger partial charge in [0.15, 0.2) is 11.5 Å². The van der Waals surface area contributed by atoms with E-state index < -0.39 is 0 Å². The minimum atomic E-state index is 0.491. The van der Waals surface area contributed by atoms with Crippen molar-refractivity contribution in [3.05, 3.63) is 53.9 Å². The van der Waals surface area contributed by atoms with E-state index >= 15 is 0 Å². The largest absolute Gasteiger partial charge is 0.493 e. The standard InChI is InChI=1S/C15H18N2O2/c1-18-14-3-2-13(11-16)10-15(14)19-9-6-12-4-7-17-8-5-12/h2-5,7-8,10H,6,9,11,16H2,1H3. The Labute approximate surface area is 113 Å². The number of hydrogen-bond donors (Lipinski definition) is 1. The number of aromatic nitrogens is 1. The zero-order chi connectivity index (χ0) is 13.5. The minimum Gasteiger partial charge on any atom is -0.493 e. The Morgan fingerprint density at radius 3 is 2.53 bits per heavy atom. The molecule has 0 atom stereocenters. The van der Waals surface area contributed by atoms with Crippen molar-refractivity contribution in [2.75, 3.05) is 13.7 Å². The van der Waals surface area contributed by atoms with E-state index in [2.05, 4.69) is 4.98 Å². The van der Waals surface area contributed by atoms with Crippen molar-refractivity contribution in [3.63, 3.8) is 0 Å². The second-order valence-electron chi connectivity index (χ2n) is 4.14. The third-order valence-corrected chi connectivity index (χ3v) is 2.86. The van der Waals surface area contributed by atoms with Crippen LogP contribution in [0.3, 0.4) is 0 Å². The molecule has 4 heteroatoms. The van der Waals surface area contributed by atoms with Crippen molar-refractivity contribution in [1.82, 2.24) is 4.98 Å². The van der Waals surface area contributed by atoms with Gasteiger partial charge in [0.1, 0.15) is 0 Å². The van der Waals surface area contributed by atoms with Gasteiger partial charge in [-0.2, -0.15) is 0 Å². The summed E-state index contributed by atoms with van der Waals surface area (Å²) >= 11 is 0. The molecule has 2 aromatic rings. The third kappa shape index (κ3) is 3.69. The summed E-state index contributed by atoms with van der Waals surface area (Å²) in [5.41, 5.74) is 7.85. The Kier molecular flexibility index (Phi) is 4.75. The molecule has 0 aliphatic heterocycles. The van der Waals surface area contributed by atoms with Gasteiger partial charge in [0.2, 0.25) is 0 Å². The molecule has 100 valence electrons. The molecule has 4 nitrogen and oxygen atoms in total. The Hall–Kier alpha value is -2.07. The van der Waals surface area contributed by atoms with Gasteiger partial charge in [-0.25, -0.2) is 0 Å². The van der Waals surface area contributed by atoms with E-state index in [0.29, 0.717) is 13.2 Å². The van der Waals surface area contributed by atoms with Crippen LogP contribution in [0.15, 0.2) is 42.7 Å². The number of rotatable bonds is 6. The molecule has 1 aromatic heterocycles. The fraction of sp³-hybridized carbons (Fsp3) is 0.267. The molecule has 0 saturated heterocycles. The molecule has 19 heavy (non-hydrogen) atoms. The predicted molar refractivity (Wildman–Crippen MR) is 74.3 cm³/mol. The number of ether oxygens (including phenoxy) is 2. The maximum Gasteiger partial charge on any atom is 0.161 e. The minimum absolute atomic E-state index is 0.491. The number of methoxy groups -OCH3 is 1. The van der Waals surface area contributed by atoms with Crippen LogP contribution in [0.4, 0.5) is 0 Å². The van der Waals surface area contributed by atoms with Crippen molar-refractivity contribution in [1.29, 1.82) is 0 Å². The second-order valence-corrected chi connectivity index (χ2v) is 4.14. The van der Waals surface area contributed by atoms with Crippen LogP contribution in [0, 0.1) is 0 Å². The summed E-state index contributed by atoms with van der Waals surface area (Å²) < 4.78 is 11.0. The van der Waals surface area contributed by atoms with Crippen molar-refractivity contribution in [3.8, 4) is 11.5 Å². The van der Waals surface area contributed by atoms with Crippen LogP contribution >= 0.6 is 0 Å². The Bertz CT molecular complexity index is 515. The highest BCUT2D eigenvalue weighted by molar-refractivity contribution is 5.42. The number of benzene rings is 1. The molecule has 0 unspecified atom stereocenters. The Morgan fingerprint density at radius 2 is 1.84 bits per heavy atom. The highest BCUT2D eigenvalue weighted by Crippen LogP contribution is 2.28. The predicted octanol–water partition coefficient (Wildman–Crippen LogP) is 2.17. The van der Waals surface area contributed by atoms with E-state index in [-0.39, 0.29) is 0 Å². The van der Waals surface area contributed by atoms with E-state index in [1.165, 1.54) is 5.56 Å². The monoisotopic (exact) mass is 258 g/mol. The van der Waals surface area contributed by atoms with Crippen LogP contribution in [0.25, 0.3) is 0 Å². The Balaban J connectivity index is 1.98. The van der Waals surface area contributed by atoms with Crippen molar-refractivity contribution >= 4 is 0 Å². The number of pyridine rings is 1. The highest BCUT2D eigenvalue weighted by Gasteiger charge is 2.05. The molecule has 0 amide bonds. The van der Waals surface area contributed by atoms with Gasteiger partial charge in [-0.05, 0) is 35.4 Å². The van der Waals surface area contributed by atoms with E-state index in [4.69, 9.17) is 15.2 Å². The topological polar surface area (TPSA) is 57.4 Å². The van der Waals surface area contributed by atoms with Gasteiger partial charge in [-0.3, -0.25) is 4.98 Å². The molecule has 2 N–H and O–H groups in total. The molecule has 0 fully saturated rings. The normalized spacial score (nSPS) is 10.2. The van der Waals surface area contributed by atoms with Gasteiger partial charge in [-0.15, -0.1) is 0 Å². The summed E-state index contributed by atoms with van der Waals surface area (Å²) in [6.07, 6.45) is 4.40. The molecule has 2 rings (SSSR count). The second kappa shape index (κ2) is 6.75. The van der Waals surface area contributed by atoms with Gasteiger partial charge in [0.05, 0.1) is 13.7 Å². The SMILES string of the molecule is COc1ccc(CN)cc1OCCc1ccncc1. The van der Waals surface area contributed by atoms with Crippen LogP contribution in [-0.4, -0.2) is 18.7 Å². The quantitative estimate of drug-likeness (QED) is 0.862. The van der Waals surface area contributed by atoms with Gasteiger partial charge in [0.25, 0.3) is 0 Å².